The SMILES string of the molecule is Cn1ccc(OCC2CCC2)n1. The Labute approximate surface area is 72.3 Å². The van der Waals surface area contributed by atoms with Crippen molar-refractivity contribution in [2.75, 3.05) is 6.61 Å². The van der Waals surface area contributed by atoms with Crippen LogP contribution in [0.25, 0.3) is 0 Å². The quantitative estimate of drug-likeness (QED) is 0.682. The van der Waals surface area contributed by atoms with Crippen LogP contribution in [-0.2, 0) is 7.05 Å². The average Bonchev–Trinajstić information content (AvgIpc) is 2.32. The summed E-state index contributed by atoms with van der Waals surface area (Å²) in [7, 11) is 1.90. The highest BCUT2D eigenvalue weighted by Gasteiger charge is 2.18. The molecule has 0 N–H and O–H groups in total. The molecule has 0 amide bonds. The molecule has 66 valence electrons. The van der Waals surface area contributed by atoms with Crippen LogP contribution in [0, 0.1) is 5.92 Å². The number of hydrogen-bond donors (Lipinski definition) is 0. The molecule has 1 aliphatic carbocycles. The maximum absolute atomic E-state index is 5.50. The largest absolute Gasteiger partial charge is 0.476 e. The van der Waals surface area contributed by atoms with Gasteiger partial charge in [-0.05, 0) is 18.8 Å². The van der Waals surface area contributed by atoms with Gasteiger partial charge in [-0.1, -0.05) is 6.42 Å². The Morgan fingerprint density at radius 2 is 2.50 bits per heavy atom. The van der Waals surface area contributed by atoms with Crippen molar-refractivity contribution in [3.05, 3.63) is 12.3 Å². The van der Waals surface area contributed by atoms with Crippen molar-refractivity contribution in [2.45, 2.75) is 19.3 Å². The lowest BCUT2D eigenvalue weighted by Crippen LogP contribution is -2.19. The zero-order chi connectivity index (χ0) is 8.39. The smallest absolute Gasteiger partial charge is 0.232 e. The summed E-state index contributed by atoms with van der Waals surface area (Å²) in [5.74, 6) is 1.54. The molecule has 3 nitrogen and oxygen atoms in total. The number of aryl methyl sites for hydroxylation is 1. The molecule has 1 heterocycles. The first kappa shape index (κ1) is 7.65. The normalized spacial score (nSPS) is 17.4. The van der Waals surface area contributed by atoms with Crippen molar-refractivity contribution in [2.24, 2.45) is 13.0 Å². The highest BCUT2D eigenvalue weighted by atomic mass is 16.5. The van der Waals surface area contributed by atoms with Crippen LogP contribution < -0.4 is 4.74 Å². The molecule has 12 heavy (non-hydrogen) atoms. The predicted molar refractivity (Wildman–Crippen MR) is 46.0 cm³/mol. The maximum atomic E-state index is 5.50. The standard InChI is InChI=1S/C9H14N2O/c1-11-6-5-9(10-11)12-7-8-3-2-4-8/h5-6,8H,2-4,7H2,1H3. The van der Waals surface area contributed by atoms with E-state index >= 15 is 0 Å². The first-order valence-corrected chi connectivity index (χ1v) is 4.47. The lowest BCUT2D eigenvalue weighted by Gasteiger charge is -2.24. The maximum Gasteiger partial charge on any atom is 0.232 e. The molecule has 0 atom stereocenters. The van der Waals surface area contributed by atoms with E-state index in [9.17, 15) is 0 Å². The van der Waals surface area contributed by atoms with Gasteiger partial charge in [-0.2, -0.15) is 0 Å². The molecule has 0 radical (unpaired) electrons. The van der Waals surface area contributed by atoms with Gasteiger partial charge >= 0.3 is 0 Å². The second-order valence-electron chi connectivity index (χ2n) is 3.44. The zero-order valence-electron chi connectivity index (χ0n) is 7.36. The molecular weight excluding hydrogens is 152 g/mol. The fourth-order valence-corrected chi connectivity index (χ4v) is 1.33. The van der Waals surface area contributed by atoms with E-state index in [2.05, 4.69) is 5.10 Å². The van der Waals surface area contributed by atoms with Crippen molar-refractivity contribution >= 4 is 0 Å². The highest BCUT2D eigenvalue weighted by Crippen LogP contribution is 2.26. The second-order valence-corrected chi connectivity index (χ2v) is 3.44. The van der Waals surface area contributed by atoms with Crippen LogP contribution in [0.4, 0.5) is 0 Å². The number of nitrogens with zero attached hydrogens (tertiary/aromatic N) is 2. The summed E-state index contributed by atoms with van der Waals surface area (Å²) in [6.07, 6.45) is 5.92. The lowest BCUT2D eigenvalue weighted by atomic mass is 9.86. The molecule has 0 unspecified atom stereocenters. The van der Waals surface area contributed by atoms with Gasteiger partial charge in [0.1, 0.15) is 0 Å². The van der Waals surface area contributed by atoms with Crippen LogP contribution in [0.15, 0.2) is 12.3 Å². The van der Waals surface area contributed by atoms with Crippen molar-refractivity contribution in [3.63, 3.8) is 0 Å². The summed E-state index contributed by atoms with van der Waals surface area (Å²) < 4.78 is 7.26. The summed E-state index contributed by atoms with van der Waals surface area (Å²) in [6, 6.07) is 1.90. The number of hydrogen-bond acceptors (Lipinski definition) is 2. The number of ether oxygens (including phenoxy) is 1. The van der Waals surface area contributed by atoms with Crippen molar-refractivity contribution in [1.82, 2.24) is 9.78 Å². The average molecular weight is 166 g/mol. The van der Waals surface area contributed by atoms with Gasteiger partial charge in [0.15, 0.2) is 0 Å². The molecule has 0 aromatic carbocycles. The Hall–Kier alpha value is -0.990. The van der Waals surface area contributed by atoms with E-state index < -0.39 is 0 Å². The van der Waals surface area contributed by atoms with Crippen LogP contribution in [0.3, 0.4) is 0 Å². The second kappa shape index (κ2) is 3.17. The van der Waals surface area contributed by atoms with E-state index in [1.54, 1.807) is 4.68 Å². The van der Waals surface area contributed by atoms with Crippen LogP contribution in [0.2, 0.25) is 0 Å². The molecule has 3 heteroatoms. The van der Waals surface area contributed by atoms with Crippen LogP contribution in [0.1, 0.15) is 19.3 Å². The van der Waals surface area contributed by atoms with Crippen LogP contribution in [-0.4, -0.2) is 16.4 Å². The molecule has 1 fully saturated rings. The highest BCUT2D eigenvalue weighted by molar-refractivity contribution is 5.05. The molecule has 0 bridgehead atoms. The van der Waals surface area contributed by atoms with Gasteiger partial charge in [0.25, 0.3) is 0 Å². The molecular formula is C9H14N2O. The Bertz CT molecular complexity index is 253. The summed E-state index contributed by atoms with van der Waals surface area (Å²) >= 11 is 0. The van der Waals surface area contributed by atoms with Gasteiger partial charge in [0.05, 0.1) is 6.61 Å². The number of rotatable bonds is 3. The molecule has 0 saturated heterocycles. The molecule has 1 aliphatic rings. The minimum atomic E-state index is 0.754. The van der Waals surface area contributed by atoms with Gasteiger partial charge in [0.2, 0.25) is 5.88 Å². The van der Waals surface area contributed by atoms with Crippen molar-refractivity contribution < 1.29 is 4.74 Å². The first-order chi connectivity index (χ1) is 5.84. The first-order valence-electron chi connectivity index (χ1n) is 4.47. The summed E-state index contributed by atoms with van der Waals surface area (Å²) in [6.45, 7) is 0.844. The van der Waals surface area contributed by atoms with Crippen LogP contribution in [0.5, 0.6) is 5.88 Å². The molecule has 0 spiro atoms. The van der Waals surface area contributed by atoms with Crippen LogP contribution >= 0.6 is 0 Å². The monoisotopic (exact) mass is 166 g/mol. The summed E-state index contributed by atoms with van der Waals surface area (Å²) in [5.41, 5.74) is 0. The van der Waals surface area contributed by atoms with Crippen molar-refractivity contribution in [3.8, 4) is 5.88 Å². The minimum Gasteiger partial charge on any atom is -0.476 e. The lowest BCUT2D eigenvalue weighted by molar-refractivity contribution is 0.175. The molecule has 0 aliphatic heterocycles. The van der Waals surface area contributed by atoms with E-state index in [4.69, 9.17) is 4.74 Å². The van der Waals surface area contributed by atoms with E-state index in [0.29, 0.717) is 0 Å². The molecule has 1 aromatic heterocycles. The van der Waals surface area contributed by atoms with Gasteiger partial charge in [-0.25, -0.2) is 0 Å². The molecule has 1 saturated carbocycles. The zero-order valence-corrected chi connectivity index (χ0v) is 7.36. The van der Waals surface area contributed by atoms with E-state index in [0.717, 1.165) is 18.4 Å². The van der Waals surface area contributed by atoms with E-state index in [-0.39, 0.29) is 0 Å². The van der Waals surface area contributed by atoms with Gasteiger partial charge in [-0.15, -0.1) is 5.10 Å². The van der Waals surface area contributed by atoms with E-state index in [1.807, 2.05) is 19.3 Å². The summed E-state index contributed by atoms with van der Waals surface area (Å²) in [5, 5.41) is 4.14. The third-order valence-electron chi connectivity index (χ3n) is 2.38. The topological polar surface area (TPSA) is 27.1 Å². The van der Waals surface area contributed by atoms with Gasteiger partial charge in [0, 0.05) is 19.3 Å². The van der Waals surface area contributed by atoms with E-state index in [1.165, 1.54) is 19.3 Å². The molecule has 2 rings (SSSR count). The number of aromatic nitrogens is 2. The molecule has 1 aromatic rings. The van der Waals surface area contributed by atoms with Gasteiger partial charge < -0.3 is 4.74 Å². The van der Waals surface area contributed by atoms with Gasteiger partial charge in [-0.3, -0.25) is 4.68 Å². The Morgan fingerprint density at radius 1 is 1.67 bits per heavy atom. The summed E-state index contributed by atoms with van der Waals surface area (Å²) in [4.78, 5) is 0. The fraction of sp³-hybridized carbons (Fsp3) is 0.667. The minimum absolute atomic E-state index is 0.754. The Morgan fingerprint density at radius 3 is 3.00 bits per heavy atom. The van der Waals surface area contributed by atoms with Crippen molar-refractivity contribution in [1.29, 1.82) is 0 Å². The Balaban J connectivity index is 1.79. The third-order valence-corrected chi connectivity index (χ3v) is 2.38. The Kier molecular flexibility index (Phi) is 2.02. The fourth-order valence-electron chi connectivity index (χ4n) is 1.33. The third kappa shape index (κ3) is 1.60. The predicted octanol–water partition coefficient (Wildman–Crippen LogP) is 1.60.